The molecule has 2 unspecified atom stereocenters. The number of hydrogen-bond donors (Lipinski definition) is 1. The molecule has 3 heteroatoms. The third kappa shape index (κ3) is 2.92. The van der Waals surface area contributed by atoms with Crippen LogP contribution in [0.25, 0.3) is 0 Å². The highest BCUT2D eigenvalue weighted by Crippen LogP contribution is 2.21. The Morgan fingerprint density at radius 3 is 2.40 bits per heavy atom. The Labute approximate surface area is 94.6 Å². The summed E-state index contributed by atoms with van der Waals surface area (Å²) in [4.78, 5) is 4.97. The standard InChI is InChI=1S/C12H27N3/c1-6-11(13)10(2)15-8-7-14(5)12(3,4)9-15/h10-11H,6-9,13H2,1-5H3. The minimum atomic E-state index is 0.278. The Bertz CT molecular complexity index is 203. The number of nitrogens with zero attached hydrogens (tertiary/aromatic N) is 2. The van der Waals surface area contributed by atoms with Gasteiger partial charge >= 0.3 is 0 Å². The lowest BCUT2D eigenvalue weighted by atomic mass is 9.96. The van der Waals surface area contributed by atoms with E-state index in [1.165, 1.54) is 0 Å². The van der Waals surface area contributed by atoms with Crippen LogP contribution in [0.5, 0.6) is 0 Å². The molecule has 0 aromatic carbocycles. The van der Waals surface area contributed by atoms with Gasteiger partial charge in [-0.05, 0) is 34.2 Å². The Kier molecular flexibility index (Phi) is 4.15. The highest BCUT2D eigenvalue weighted by molar-refractivity contribution is 4.91. The van der Waals surface area contributed by atoms with Crippen LogP contribution in [0.4, 0.5) is 0 Å². The minimum Gasteiger partial charge on any atom is -0.326 e. The molecule has 0 radical (unpaired) electrons. The summed E-state index contributed by atoms with van der Waals surface area (Å²) >= 11 is 0. The van der Waals surface area contributed by atoms with Crippen molar-refractivity contribution in [1.82, 2.24) is 9.80 Å². The second kappa shape index (κ2) is 4.81. The fourth-order valence-electron chi connectivity index (χ4n) is 2.24. The van der Waals surface area contributed by atoms with E-state index in [9.17, 15) is 0 Å². The molecule has 0 aliphatic carbocycles. The zero-order valence-electron chi connectivity index (χ0n) is 11.0. The molecule has 2 atom stereocenters. The topological polar surface area (TPSA) is 32.5 Å². The van der Waals surface area contributed by atoms with E-state index in [0.29, 0.717) is 12.1 Å². The van der Waals surface area contributed by atoms with Gasteiger partial charge in [-0.15, -0.1) is 0 Å². The molecule has 0 aromatic heterocycles. The molecule has 2 N–H and O–H groups in total. The summed E-state index contributed by atoms with van der Waals surface area (Å²) in [6.45, 7) is 12.5. The van der Waals surface area contributed by atoms with Crippen LogP contribution >= 0.6 is 0 Å². The quantitative estimate of drug-likeness (QED) is 0.763. The van der Waals surface area contributed by atoms with Gasteiger partial charge in [0.1, 0.15) is 0 Å². The van der Waals surface area contributed by atoms with Crippen molar-refractivity contribution in [2.24, 2.45) is 5.73 Å². The molecule has 0 amide bonds. The van der Waals surface area contributed by atoms with Crippen molar-refractivity contribution < 1.29 is 0 Å². The first-order chi connectivity index (χ1) is 6.88. The summed E-state index contributed by atoms with van der Waals surface area (Å²) in [5.41, 5.74) is 6.39. The van der Waals surface area contributed by atoms with Gasteiger partial charge in [0.15, 0.2) is 0 Å². The van der Waals surface area contributed by atoms with Crippen molar-refractivity contribution in [2.45, 2.75) is 51.7 Å². The van der Waals surface area contributed by atoms with Crippen LogP contribution in [0.3, 0.4) is 0 Å². The van der Waals surface area contributed by atoms with Gasteiger partial charge in [0.2, 0.25) is 0 Å². The predicted octanol–water partition coefficient (Wildman–Crippen LogP) is 1.14. The Morgan fingerprint density at radius 2 is 1.93 bits per heavy atom. The lowest BCUT2D eigenvalue weighted by Crippen LogP contribution is -2.61. The molecule has 0 bridgehead atoms. The van der Waals surface area contributed by atoms with Crippen molar-refractivity contribution in [3.8, 4) is 0 Å². The van der Waals surface area contributed by atoms with Gasteiger partial charge in [-0.25, -0.2) is 0 Å². The number of hydrogen-bond acceptors (Lipinski definition) is 3. The van der Waals surface area contributed by atoms with E-state index in [1.54, 1.807) is 0 Å². The second-order valence-corrected chi connectivity index (χ2v) is 5.52. The van der Waals surface area contributed by atoms with E-state index in [-0.39, 0.29) is 5.54 Å². The summed E-state index contributed by atoms with van der Waals surface area (Å²) in [6.07, 6.45) is 1.06. The Hall–Kier alpha value is -0.120. The highest BCUT2D eigenvalue weighted by Gasteiger charge is 2.33. The predicted molar refractivity (Wildman–Crippen MR) is 66.0 cm³/mol. The Balaban J connectivity index is 2.59. The van der Waals surface area contributed by atoms with Gasteiger partial charge in [0, 0.05) is 37.3 Å². The van der Waals surface area contributed by atoms with E-state index in [4.69, 9.17) is 5.73 Å². The first-order valence-corrected chi connectivity index (χ1v) is 6.09. The average molecular weight is 213 g/mol. The SMILES string of the molecule is CCC(N)C(C)N1CCN(C)C(C)(C)C1. The fourth-order valence-corrected chi connectivity index (χ4v) is 2.24. The molecule has 0 spiro atoms. The summed E-state index contributed by atoms with van der Waals surface area (Å²) in [5.74, 6) is 0. The van der Waals surface area contributed by atoms with Crippen LogP contribution in [0.2, 0.25) is 0 Å². The molecule has 0 aromatic rings. The van der Waals surface area contributed by atoms with E-state index in [1.807, 2.05) is 0 Å². The van der Waals surface area contributed by atoms with Crippen LogP contribution in [0.15, 0.2) is 0 Å². The lowest BCUT2D eigenvalue weighted by molar-refractivity contribution is 0.0148. The smallest absolute Gasteiger partial charge is 0.0277 e. The lowest BCUT2D eigenvalue weighted by Gasteiger charge is -2.48. The van der Waals surface area contributed by atoms with Crippen LogP contribution in [0.1, 0.15) is 34.1 Å². The van der Waals surface area contributed by atoms with Gasteiger partial charge in [0.25, 0.3) is 0 Å². The molecule has 0 saturated carbocycles. The maximum Gasteiger partial charge on any atom is 0.0277 e. The van der Waals surface area contributed by atoms with Gasteiger partial charge in [-0.2, -0.15) is 0 Å². The molecular weight excluding hydrogens is 186 g/mol. The molecular formula is C12H27N3. The van der Waals surface area contributed by atoms with Crippen molar-refractivity contribution in [1.29, 1.82) is 0 Å². The largest absolute Gasteiger partial charge is 0.326 e. The summed E-state index contributed by atoms with van der Waals surface area (Å²) in [7, 11) is 2.21. The van der Waals surface area contributed by atoms with E-state index in [0.717, 1.165) is 26.1 Å². The van der Waals surface area contributed by atoms with Crippen molar-refractivity contribution >= 4 is 0 Å². The van der Waals surface area contributed by atoms with Gasteiger partial charge in [-0.1, -0.05) is 6.92 Å². The molecule has 90 valence electrons. The Morgan fingerprint density at radius 1 is 1.33 bits per heavy atom. The van der Waals surface area contributed by atoms with Gasteiger partial charge in [-0.3, -0.25) is 9.80 Å². The zero-order chi connectivity index (χ0) is 11.6. The molecule has 1 aliphatic heterocycles. The molecule has 1 saturated heterocycles. The monoisotopic (exact) mass is 213 g/mol. The molecule has 15 heavy (non-hydrogen) atoms. The van der Waals surface area contributed by atoms with Gasteiger partial charge < -0.3 is 5.73 Å². The van der Waals surface area contributed by atoms with E-state index < -0.39 is 0 Å². The highest BCUT2D eigenvalue weighted by atomic mass is 15.3. The van der Waals surface area contributed by atoms with Crippen molar-refractivity contribution in [3.63, 3.8) is 0 Å². The minimum absolute atomic E-state index is 0.278. The maximum absolute atomic E-state index is 6.12. The molecule has 1 heterocycles. The van der Waals surface area contributed by atoms with Crippen LogP contribution in [-0.4, -0.2) is 54.1 Å². The van der Waals surface area contributed by atoms with Crippen LogP contribution < -0.4 is 5.73 Å². The third-order valence-electron chi connectivity index (χ3n) is 4.01. The average Bonchev–Trinajstić information content (AvgIpc) is 2.19. The maximum atomic E-state index is 6.12. The third-order valence-corrected chi connectivity index (χ3v) is 4.01. The van der Waals surface area contributed by atoms with Crippen molar-refractivity contribution in [3.05, 3.63) is 0 Å². The second-order valence-electron chi connectivity index (χ2n) is 5.52. The normalized spacial score (nSPS) is 27.6. The van der Waals surface area contributed by atoms with Crippen LogP contribution in [-0.2, 0) is 0 Å². The number of piperazine rings is 1. The number of rotatable bonds is 3. The molecule has 1 rings (SSSR count). The summed E-state index contributed by atoms with van der Waals surface area (Å²) in [6, 6.07) is 0.812. The van der Waals surface area contributed by atoms with Crippen molar-refractivity contribution in [2.75, 3.05) is 26.7 Å². The van der Waals surface area contributed by atoms with Crippen LogP contribution in [0, 0.1) is 0 Å². The van der Waals surface area contributed by atoms with E-state index in [2.05, 4.69) is 44.5 Å². The number of nitrogens with two attached hydrogens (primary N) is 1. The fraction of sp³-hybridized carbons (Fsp3) is 1.00. The summed E-state index contributed by atoms with van der Waals surface area (Å²) < 4.78 is 0. The first kappa shape index (κ1) is 12.9. The molecule has 3 nitrogen and oxygen atoms in total. The first-order valence-electron chi connectivity index (χ1n) is 6.09. The molecule has 1 aliphatic rings. The zero-order valence-corrected chi connectivity index (χ0v) is 11.0. The van der Waals surface area contributed by atoms with E-state index >= 15 is 0 Å². The van der Waals surface area contributed by atoms with Gasteiger partial charge in [0.05, 0.1) is 0 Å². The molecule has 1 fully saturated rings. The number of likely N-dealkylation sites (N-methyl/N-ethyl adjacent to an activating group) is 1. The summed E-state index contributed by atoms with van der Waals surface area (Å²) in [5, 5.41) is 0.